The molecule has 0 heterocycles. The first kappa shape index (κ1) is 12.1. The molecule has 16 heavy (non-hydrogen) atoms. The second-order valence-corrected chi connectivity index (χ2v) is 3.16. The predicted molar refractivity (Wildman–Crippen MR) is 64.7 cm³/mol. The zero-order valence-electron chi connectivity index (χ0n) is 9.32. The number of hydrogen-bond acceptors (Lipinski definition) is 3. The van der Waals surface area contributed by atoms with Gasteiger partial charge in [-0.1, -0.05) is 6.08 Å². The van der Waals surface area contributed by atoms with Crippen LogP contribution in [0.5, 0.6) is 5.75 Å². The second kappa shape index (κ2) is 6.50. The molecule has 0 spiro atoms. The van der Waals surface area contributed by atoms with Gasteiger partial charge in [0.25, 0.3) is 5.91 Å². The molecular formula is C12H16N2O2. The predicted octanol–water partition coefficient (Wildman–Crippen LogP) is 1.41. The third kappa shape index (κ3) is 4.04. The molecule has 0 atom stereocenters. The number of benzene rings is 1. The van der Waals surface area contributed by atoms with Gasteiger partial charge in [0.2, 0.25) is 0 Å². The fraction of sp³-hybridized carbons (Fsp3) is 0.250. The summed E-state index contributed by atoms with van der Waals surface area (Å²) in [5.41, 5.74) is 1.00. The highest BCUT2D eigenvalue weighted by molar-refractivity contribution is 5.77. The Morgan fingerprint density at radius 2 is 2.12 bits per heavy atom. The van der Waals surface area contributed by atoms with Gasteiger partial charge in [-0.05, 0) is 24.3 Å². The molecule has 86 valence electrons. The van der Waals surface area contributed by atoms with Gasteiger partial charge in [0.05, 0.1) is 0 Å². The molecule has 2 N–H and O–H groups in total. The van der Waals surface area contributed by atoms with E-state index in [1.165, 1.54) is 0 Å². The zero-order valence-corrected chi connectivity index (χ0v) is 9.32. The van der Waals surface area contributed by atoms with Crippen molar-refractivity contribution in [1.82, 2.24) is 5.32 Å². The Kier molecular flexibility index (Phi) is 4.92. The molecule has 0 radical (unpaired) electrons. The lowest BCUT2D eigenvalue weighted by Crippen LogP contribution is -2.28. The molecule has 0 aliphatic rings. The summed E-state index contributed by atoms with van der Waals surface area (Å²) in [7, 11) is 1.85. The van der Waals surface area contributed by atoms with E-state index < -0.39 is 0 Å². The van der Waals surface area contributed by atoms with Gasteiger partial charge in [-0.15, -0.1) is 6.58 Å². The van der Waals surface area contributed by atoms with Gasteiger partial charge in [-0.2, -0.15) is 0 Å². The largest absolute Gasteiger partial charge is 0.484 e. The van der Waals surface area contributed by atoms with Crippen molar-refractivity contribution in [2.75, 3.05) is 25.5 Å². The average molecular weight is 220 g/mol. The van der Waals surface area contributed by atoms with E-state index in [-0.39, 0.29) is 12.5 Å². The first-order valence-electron chi connectivity index (χ1n) is 5.04. The highest BCUT2D eigenvalue weighted by atomic mass is 16.5. The quantitative estimate of drug-likeness (QED) is 0.713. The molecule has 0 unspecified atom stereocenters. The molecule has 0 aliphatic heterocycles. The van der Waals surface area contributed by atoms with E-state index in [2.05, 4.69) is 17.2 Å². The highest BCUT2D eigenvalue weighted by Gasteiger charge is 2.00. The van der Waals surface area contributed by atoms with Gasteiger partial charge >= 0.3 is 0 Å². The summed E-state index contributed by atoms with van der Waals surface area (Å²) in [5.74, 6) is 0.519. The maximum atomic E-state index is 11.2. The van der Waals surface area contributed by atoms with E-state index >= 15 is 0 Å². The van der Waals surface area contributed by atoms with E-state index in [1.807, 2.05) is 31.3 Å². The number of ether oxygens (including phenoxy) is 1. The van der Waals surface area contributed by atoms with Crippen LogP contribution in [0.25, 0.3) is 0 Å². The van der Waals surface area contributed by atoms with Crippen molar-refractivity contribution in [2.24, 2.45) is 0 Å². The molecule has 1 rings (SSSR count). The summed E-state index contributed by atoms with van der Waals surface area (Å²) in [6, 6.07) is 7.40. The van der Waals surface area contributed by atoms with E-state index in [4.69, 9.17) is 4.74 Å². The van der Waals surface area contributed by atoms with Crippen molar-refractivity contribution in [3.05, 3.63) is 36.9 Å². The number of carbonyl (C=O) groups excluding carboxylic acids is 1. The van der Waals surface area contributed by atoms with Crippen molar-refractivity contribution >= 4 is 11.6 Å². The van der Waals surface area contributed by atoms with E-state index in [1.54, 1.807) is 6.08 Å². The topological polar surface area (TPSA) is 50.4 Å². The number of carbonyl (C=O) groups is 1. The van der Waals surface area contributed by atoms with Gasteiger partial charge in [0.15, 0.2) is 6.61 Å². The van der Waals surface area contributed by atoms with Crippen LogP contribution in [0.4, 0.5) is 5.69 Å². The van der Waals surface area contributed by atoms with Gasteiger partial charge in [-0.3, -0.25) is 4.79 Å². The molecule has 0 saturated carbocycles. The fourth-order valence-electron chi connectivity index (χ4n) is 1.10. The van der Waals surface area contributed by atoms with Crippen LogP contribution in [-0.4, -0.2) is 26.1 Å². The summed E-state index contributed by atoms with van der Waals surface area (Å²) >= 11 is 0. The Labute approximate surface area is 95.3 Å². The SMILES string of the molecule is C=CCNC(=O)COc1ccc(NC)cc1. The number of anilines is 1. The maximum absolute atomic E-state index is 11.2. The van der Waals surface area contributed by atoms with Crippen molar-refractivity contribution in [3.8, 4) is 5.75 Å². The van der Waals surface area contributed by atoms with Gasteiger partial charge in [-0.25, -0.2) is 0 Å². The summed E-state index contributed by atoms with van der Waals surface area (Å²) < 4.78 is 5.29. The van der Waals surface area contributed by atoms with Crippen molar-refractivity contribution < 1.29 is 9.53 Å². The van der Waals surface area contributed by atoms with Crippen LogP contribution in [0.15, 0.2) is 36.9 Å². The monoisotopic (exact) mass is 220 g/mol. The third-order valence-corrected chi connectivity index (χ3v) is 1.96. The molecule has 4 heteroatoms. The average Bonchev–Trinajstić information content (AvgIpc) is 2.34. The second-order valence-electron chi connectivity index (χ2n) is 3.16. The van der Waals surface area contributed by atoms with Gasteiger partial charge < -0.3 is 15.4 Å². The molecular weight excluding hydrogens is 204 g/mol. The van der Waals surface area contributed by atoms with Crippen LogP contribution in [0.3, 0.4) is 0 Å². The Morgan fingerprint density at radius 3 is 2.69 bits per heavy atom. The standard InChI is InChI=1S/C12H16N2O2/c1-3-8-14-12(15)9-16-11-6-4-10(13-2)5-7-11/h3-7,13H,1,8-9H2,2H3,(H,14,15). The molecule has 0 aliphatic carbocycles. The summed E-state index contributed by atoms with van der Waals surface area (Å²) in [4.78, 5) is 11.2. The minimum Gasteiger partial charge on any atom is -0.484 e. The minimum atomic E-state index is -0.155. The Morgan fingerprint density at radius 1 is 1.44 bits per heavy atom. The number of hydrogen-bond donors (Lipinski definition) is 2. The molecule has 1 amide bonds. The van der Waals surface area contributed by atoms with E-state index in [0.29, 0.717) is 12.3 Å². The smallest absolute Gasteiger partial charge is 0.258 e. The number of nitrogens with one attached hydrogen (secondary N) is 2. The van der Waals surface area contributed by atoms with Gasteiger partial charge in [0, 0.05) is 19.3 Å². The fourth-order valence-corrected chi connectivity index (χ4v) is 1.10. The minimum absolute atomic E-state index is 0.0206. The first-order chi connectivity index (χ1) is 7.76. The molecule has 0 bridgehead atoms. The number of rotatable bonds is 6. The van der Waals surface area contributed by atoms with Crippen LogP contribution in [0.1, 0.15) is 0 Å². The number of amides is 1. The van der Waals surface area contributed by atoms with Crippen LogP contribution in [0.2, 0.25) is 0 Å². The molecule has 1 aromatic rings. The Balaban J connectivity index is 2.36. The summed E-state index contributed by atoms with van der Waals surface area (Å²) in [6.07, 6.45) is 1.62. The first-order valence-corrected chi connectivity index (χ1v) is 5.04. The third-order valence-electron chi connectivity index (χ3n) is 1.96. The van der Waals surface area contributed by atoms with Crippen LogP contribution in [-0.2, 0) is 4.79 Å². The Bertz CT molecular complexity index is 347. The molecule has 0 fully saturated rings. The molecule has 0 aromatic heterocycles. The van der Waals surface area contributed by atoms with Gasteiger partial charge in [0.1, 0.15) is 5.75 Å². The maximum Gasteiger partial charge on any atom is 0.258 e. The van der Waals surface area contributed by atoms with Crippen molar-refractivity contribution in [1.29, 1.82) is 0 Å². The molecule has 1 aromatic carbocycles. The normalized spacial score (nSPS) is 9.31. The molecule has 0 saturated heterocycles. The lowest BCUT2D eigenvalue weighted by Gasteiger charge is -2.06. The zero-order chi connectivity index (χ0) is 11.8. The van der Waals surface area contributed by atoms with Crippen LogP contribution in [0, 0.1) is 0 Å². The van der Waals surface area contributed by atoms with Crippen molar-refractivity contribution in [2.45, 2.75) is 0 Å². The van der Waals surface area contributed by atoms with Crippen LogP contribution < -0.4 is 15.4 Å². The van der Waals surface area contributed by atoms with Crippen LogP contribution >= 0.6 is 0 Å². The van der Waals surface area contributed by atoms with E-state index in [9.17, 15) is 4.79 Å². The lowest BCUT2D eigenvalue weighted by atomic mass is 10.3. The summed E-state index contributed by atoms with van der Waals surface area (Å²) in [5, 5.41) is 5.63. The Hall–Kier alpha value is -1.97. The van der Waals surface area contributed by atoms with Crippen molar-refractivity contribution in [3.63, 3.8) is 0 Å². The summed E-state index contributed by atoms with van der Waals surface area (Å²) in [6.45, 7) is 3.99. The highest BCUT2D eigenvalue weighted by Crippen LogP contribution is 2.14. The lowest BCUT2D eigenvalue weighted by molar-refractivity contribution is -0.122. The molecule has 4 nitrogen and oxygen atoms in total. The van der Waals surface area contributed by atoms with E-state index in [0.717, 1.165) is 5.69 Å².